The number of fused-ring (bicyclic) bond motifs is 1. The summed E-state index contributed by atoms with van der Waals surface area (Å²) in [6.07, 6.45) is 1.55. The summed E-state index contributed by atoms with van der Waals surface area (Å²) >= 11 is 1.27. The monoisotopic (exact) mass is 337 g/mol. The zero-order valence-electron chi connectivity index (χ0n) is 13.2. The summed E-state index contributed by atoms with van der Waals surface area (Å²) in [6, 6.07) is 4.83. The van der Waals surface area contributed by atoms with Crippen LogP contribution in [0.25, 0.3) is 10.1 Å². The van der Waals surface area contributed by atoms with Crippen LogP contribution in [0.15, 0.2) is 18.2 Å². The van der Waals surface area contributed by atoms with E-state index < -0.39 is 6.10 Å². The summed E-state index contributed by atoms with van der Waals surface area (Å²) in [7, 11) is 3.20. The molecular weight excluding hydrogens is 317 g/mol. The highest BCUT2D eigenvalue weighted by molar-refractivity contribution is 7.21. The van der Waals surface area contributed by atoms with Crippen molar-refractivity contribution in [3.8, 4) is 0 Å². The first-order valence-corrected chi connectivity index (χ1v) is 8.47. The van der Waals surface area contributed by atoms with Gasteiger partial charge in [0, 0.05) is 36.4 Å². The van der Waals surface area contributed by atoms with Gasteiger partial charge >= 0.3 is 0 Å². The molecule has 23 heavy (non-hydrogen) atoms. The van der Waals surface area contributed by atoms with Crippen LogP contribution < -0.4 is 0 Å². The van der Waals surface area contributed by atoms with Gasteiger partial charge in [-0.15, -0.1) is 11.3 Å². The van der Waals surface area contributed by atoms with Gasteiger partial charge in [-0.2, -0.15) is 0 Å². The number of methoxy groups -OCH3 is 1. The second-order valence-corrected chi connectivity index (χ2v) is 7.10. The molecule has 1 unspecified atom stereocenters. The molecule has 1 heterocycles. The van der Waals surface area contributed by atoms with Crippen LogP contribution in [0, 0.1) is 11.7 Å². The van der Waals surface area contributed by atoms with E-state index in [0.717, 1.165) is 17.5 Å². The second kappa shape index (κ2) is 6.55. The third-order valence-corrected chi connectivity index (χ3v) is 5.41. The predicted octanol–water partition coefficient (Wildman–Crippen LogP) is 3.03. The number of benzene rings is 1. The van der Waals surface area contributed by atoms with E-state index in [0.29, 0.717) is 28.3 Å². The molecule has 1 aromatic carbocycles. The van der Waals surface area contributed by atoms with Crippen LogP contribution in [0.3, 0.4) is 0 Å². The maximum absolute atomic E-state index is 14.2. The number of hydrogen-bond acceptors (Lipinski definition) is 4. The number of ether oxygens (including phenoxy) is 1. The third-order valence-electron chi connectivity index (χ3n) is 4.22. The third kappa shape index (κ3) is 3.24. The highest BCUT2D eigenvalue weighted by atomic mass is 32.1. The lowest BCUT2D eigenvalue weighted by Gasteiger charge is -2.20. The SMILES string of the molecule is COCc1c(C(=O)N(C)CC(O)C2CC2)sc2cccc(F)c12. The minimum Gasteiger partial charge on any atom is -0.391 e. The molecule has 4 nitrogen and oxygen atoms in total. The molecule has 0 radical (unpaired) electrons. The number of rotatable bonds is 6. The first-order valence-electron chi connectivity index (χ1n) is 7.65. The van der Waals surface area contributed by atoms with Crippen molar-refractivity contribution >= 4 is 27.3 Å². The minimum atomic E-state index is -0.485. The zero-order chi connectivity index (χ0) is 16.6. The van der Waals surface area contributed by atoms with Gasteiger partial charge in [0.25, 0.3) is 5.91 Å². The molecule has 1 saturated carbocycles. The number of amides is 1. The standard InChI is InChI=1S/C17H20FNO3S/c1-19(8-13(20)10-6-7-10)17(21)16-11(9-22-2)15-12(18)4-3-5-14(15)23-16/h3-5,10,13,20H,6-9H2,1-2H3. The molecule has 0 spiro atoms. The topological polar surface area (TPSA) is 49.8 Å². The van der Waals surface area contributed by atoms with Crippen molar-refractivity contribution < 1.29 is 19.0 Å². The predicted molar refractivity (Wildman–Crippen MR) is 88.2 cm³/mol. The van der Waals surface area contributed by atoms with Crippen molar-refractivity contribution in [3.05, 3.63) is 34.5 Å². The first kappa shape index (κ1) is 16.4. The number of thiophene rings is 1. The van der Waals surface area contributed by atoms with Crippen molar-refractivity contribution in [2.75, 3.05) is 20.7 Å². The van der Waals surface area contributed by atoms with Crippen molar-refractivity contribution in [2.45, 2.75) is 25.6 Å². The lowest BCUT2D eigenvalue weighted by molar-refractivity contribution is 0.0646. The zero-order valence-corrected chi connectivity index (χ0v) is 14.0. The molecule has 1 aliphatic carbocycles. The fourth-order valence-corrected chi connectivity index (χ4v) is 4.01. The molecule has 1 N–H and O–H groups in total. The molecule has 1 aliphatic rings. The molecule has 0 saturated heterocycles. The van der Waals surface area contributed by atoms with Gasteiger partial charge < -0.3 is 14.7 Å². The second-order valence-electron chi connectivity index (χ2n) is 6.05. The minimum absolute atomic E-state index is 0.182. The van der Waals surface area contributed by atoms with Crippen LogP contribution in [0.2, 0.25) is 0 Å². The van der Waals surface area contributed by atoms with Crippen LogP contribution in [-0.2, 0) is 11.3 Å². The Kier molecular flexibility index (Phi) is 4.66. The van der Waals surface area contributed by atoms with E-state index >= 15 is 0 Å². The lowest BCUT2D eigenvalue weighted by Crippen LogP contribution is -2.35. The molecule has 124 valence electrons. The Balaban J connectivity index is 1.92. The molecule has 6 heteroatoms. The van der Waals surface area contributed by atoms with Crippen molar-refractivity contribution in [2.24, 2.45) is 5.92 Å². The number of halogens is 1. The van der Waals surface area contributed by atoms with E-state index in [2.05, 4.69) is 0 Å². The fourth-order valence-electron chi connectivity index (χ4n) is 2.79. The van der Waals surface area contributed by atoms with Gasteiger partial charge in [-0.1, -0.05) is 6.07 Å². The molecule has 1 atom stereocenters. The first-order chi connectivity index (χ1) is 11.0. The van der Waals surface area contributed by atoms with Gasteiger partial charge in [-0.3, -0.25) is 4.79 Å². The molecule has 1 amide bonds. The van der Waals surface area contributed by atoms with Gasteiger partial charge in [0.05, 0.1) is 17.6 Å². The number of nitrogens with zero attached hydrogens (tertiary/aromatic N) is 1. The van der Waals surface area contributed by atoms with Gasteiger partial charge in [-0.25, -0.2) is 4.39 Å². The van der Waals surface area contributed by atoms with Crippen LogP contribution in [0.1, 0.15) is 28.1 Å². The van der Waals surface area contributed by atoms with E-state index in [1.807, 2.05) is 0 Å². The number of carbonyl (C=O) groups excluding carboxylic acids is 1. The Hall–Kier alpha value is -1.50. The molecular formula is C17H20FNO3S. The summed E-state index contributed by atoms with van der Waals surface area (Å²) in [4.78, 5) is 14.7. The van der Waals surface area contributed by atoms with Gasteiger partial charge in [0.15, 0.2) is 0 Å². The molecule has 2 aromatic rings. The summed E-state index contributed by atoms with van der Waals surface area (Å²) in [6.45, 7) is 0.480. The quantitative estimate of drug-likeness (QED) is 0.881. The van der Waals surface area contributed by atoms with E-state index in [1.165, 1.54) is 29.4 Å². The largest absolute Gasteiger partial charge is 0.391 e. The molecule has 1 aromatic heterocycles. The maximum atomic E-state index is 14.2. The number of carbonyl (C=O) groups is 1. The smallest absolute Gasteiger partial charge is 0.264 e. The molecule has 3 rings (SSSR count). The summed E-state index contributed by atoms with van der Waals surface area (Å²) in [5.74, 6) is -0.230. The fraction of sp³-hybridized carbons (Fsp3) is 0.471. The van der Waals surface area contributed by atoms with Crippen LogP contribution in [-0.4, -0.2) is 42.7 Å². The van der Waals surface area contributed by atoms with E-state index in [9.17, 15) is 14.3 Å². The normalized spacial score (nSPS) is 15.8. The molecule has 0 aliphatic heterocycles. The number of likely N-dealkylation sites (N-methyl/N-ethyl adjacent to an activating group) is 1. The summed E-state index contributed by atoms with van der Waals surface area (Å²) in [5, 5.41) is 10.5. The Morgan fingerprint density at radius 2 is 2.26 bits per heavy atom. The molecule has 0 bridgehead atoms. The van der Waals surface area contributed by atoms with E-state index in [-0.39, 0.29) is 18.3 Å². The number of aliphatic hydroxyl groups excluding tert-OH is 1. The highest BCUT2D eigenvalue weighted by Crippen LogP contribution is 2.35. The summed E-state index contributed by atoms with van der Waals surface area (Å²) < 4.78 is 20.1. The Labute approximate surface area is 138 Å². The Morgan fingerprint density at radius 1 is 1.52 bits per heavy atom. The Bertz CT molecular complexity index is 726. The maximum Gasteiger partial charge on any atom is 0.264 e. The van der Waals surface area contributed by atoms with Gasteiger partial charge in [0.1, 0.15) is 5.82 Å². The number of hydrogen-bond donors (Lipinski definition) is 1. The van der Waals surface area contributed by atoms with Crippen molar-refractivity contribution in [1.82, 2.24) is 4.90 Å². The van der Waals surface area contributed by atoms with Gasteiger partial charge in [0.2, 0.25) is 0 Å². The Morgan fingerprint density at radius 3 is 2.91 bits per heavy atom. The average Bonchev–Trinajstić information content (AvgIpc) is 3.30. The highest BCUT2D eigenvalue weighted by Gasteiger charge is 2.32. The van der Waals surface area contributed by atoms with Gasteiger partial charge in [-0.05, 0) is 30.9 Å². The molecule has 1 fully saturated rings. The van der Waals surface area contributed by atoms with Crippen molar-refractivity contribution in [1.29, 1.82) is 0 Å². The van der Waals surface area contributed by atoms with Crippen LogP contribution in [0.5, 0.6) is 0 Å². The van der Waals surface area contributed by atoms with E-state index in [4.69, 9.17) is 4.74 Å². The average molecular weight is 337 g/mol. The van der Waals surface area contributed by atoms with Crippen molar-refractivity contribution in [3.63, 3.8) is 0 Å². The van der Waals surface area contributed by atoms with Crippen LogP contribution >= 0.6 is 11.3 Å². The van der Waals surface area contributed by atoms with E-state index in [1.54, 1.807) is 19.2 Å². The van der Waals surface area contributed by atoms with Crippen LogP contribution in [0.4, 0.5) is 4.39 Å². The lowest BCUT2D eigenvalue weighted by atomic mass is 10.1. The number of aliphatic hydroxyl groups is 1. The summed E-state index contributed by atoms with van der Waals surface area (Å²) in [5.41, 5.74) is 0.586.